The van der Waals surface area contributed by atoms with E-state index in [1.165, 1.54) is 5.56 Å². The van der Waals surface area contributed by atoms with Crippen molar-refractivity contribution in [3.63, 3.8) is 0 Å². The summed E-state index contributed by atoms with van der Waals surface area (Å²) in [4.78, 5) is 16.5. The van der Waals surface area contributed by atoms with Crippen molar-refractivity contribution in [1.82, 2.24) is 4.98 Å². The quantitative estimate of drug-likeness (QED) is 0.761. The fourth-order valence-electron chi connectivity index (χ4n) is 2.55. The van der Waals surface area contributed by atoms with Gasteiger partial charge in [0, 0.05) is 17.3 Å². The number of anilines is 1. The summed E-state index contributed by atoms with van der Waals surface area (Å²) in [5.41, 5.74) is 2.59. The fraction of sp³-hybridized carbons (Fsp3) is 0.158. The number of nitrogens with zero attached hydrogens (tertiary/aromatic N) is 1. The SMILES string of the molecule is CCCc1ccc(NC(=O)c2ccc3cccnc3c2O)cc1. The summed E-state index contributed by atoms with van der Waals surface area (Å²) < 4.78 is 0. The van der Waals surface area contributed by atoms with Crippen LogP contribution in [0.5, 0.6) is 5.75 Å². The molecule has 116 valence electrons. The molecule has 3 aromatic rings. The number of amides is 1. The summed E-state index contributed by atoms with van der Waals surface area (Å²) >= 11 is 0. The summed E-state index contributed by atoms with van der Waals surface area (Å²) in [5.74, 6) is -0.443. The number of aromatic hydroxyl groups is 1. The summed E-state index contributed by atoms with van der Waals surface area (Å²) in [5, 5.41) is 13.9. The molecule has 4 nitrogen and oxygen atoms in total. The van der Waals surface area contributed by atoms with Gasteiger partial charge in [-0.3, -0.25) is 9.78 Å². The monoisotopic (exact) mass is 306 g/mol. The smallest absolute Gasteiger partial charge is 0.259 e. The fourth-order valence-corrected chi connectivity index (χ4v) is 2.55. The second-order valence-electron chi connectivity index (χ2n) is 5.44. The van der Waals surface area contributed by atoms with E-state index in [0.717, 1.165) is 18.2 Å². The van der Waals surface area contributed by atoms with E-state index in [2.05, 4.69) is 17.2 Å². The Hall–Kier alpha value is -2.88. The molecule has 0 saturated heterocycles. The van der Waals surface area contributed by atoms with Gasteiger partial charge in [0.2, 0.25) is 0 Å². The van der Waals surface area contributed by atoms with Crippen LogP contribution in [0.1, 0.15) is 29.3 Å². The maximum Gasteiger partial charge on any atom is 0.259 e. The van der Waals surface area contributed by atoms with E-state index in [0.29, 0.717) is 11.2 Å². The van der Waals surface area contributed by atoms with E-state index in [1.807, 2.05) is 30.3 Å². The van der Waals surface area contributed by atoms with Crippen LogP contribution in [-0.4, -0.2) is 16.0 Å². The highest BCUT2D eigenvalue weighted by Gasteiger charge is 2.14. The molecule has 2 N–H and O–H groups in total. The standard InChI is InChI=1S/C19H18N2O2/c1-2-4-13-6-9-15(10-7-13)21-19(23)16-11-8-14-5-3-12-20-17(14)18(16)22/h3,5-12,22H,2,4H2,1H3,(H,21,23). The largest absolute Gasteiger partial charge is 0.505 e. The van der Waals surface area contributed by atoms with Crippen LogP contribution in [0.2, 0.25) is 0 Å². The number of carbonyl (C=O) groups excluding carboxylic acids is 1. The van der Waals surface area contributed by atoms with Crippen molar-refractivity contribution < 1.29 is 9.90 Å². The normalized spacial score (nSPS) is 10.7. The van der Waals surface area contributed by atoms with Crippen LogP contribution in [0.25, 0.3) is 10.9 Å². The Balaban J connectivity index is 1.84. The molecule has 0 aliphatic heterocycles. The Morgan fingerprint density at radius 1 is 1.13 bits per heavy atom. The molecule has 0 radical (unpaired) electrons. The highest BCUT2D eigenvalue weighted by atomic mass is 16.3. The average Bonchev–Trinajstić information content (AvgIpc) is 2.57. The van der Waals surface area contributed by atoms with Gasteiger partial charge in [-0.15, -0.1) is 0 Å². The molecule has 4 heteroatoms. The number of nitrogens with one attached hydrogen (secondary N) is 1. The molecule has 2 aromatic carbocycles. The number of hydrogen-bond acceptors (Lipinski definition) is 3. The van der Waals surface area contributed by atoms with Gasteiger partial charge >= 0.3 is 0 Å². The van der Waals surface area contributed by atoms with Crippen molar-refractivity contribution >= 4 is 22.5 Å². The maximum absolute atomic E-state index is 12.4. The van der Waals surface area contributed by atoms with Crippen LogP contribution in [0, 0.1) is 0 Å². The lowest BCUT2D eigenvalue weighted by molar-refractivity contribution is 0.102. The summed E-state index contributed by atoms with van der Waals surface area (Å²) in [6, 6.07) is 14.8. The summed E-state index contributed by atoms with van der Waals surface area (Å²) in [6.45, 7) is 2.13. The van der Waals surface area contributed by atoms with E-state index >= 15 is 0 Å². The molecule has 1 amide bonds. The van der Waals surface area contributed by atoms with Crippen LogP contribution < -0.4 is 5.32 Å². The summed E-state index contributed by atoms with van der Waals surface area (Å²) in [6.07, 6.45) is 3.70. The van der Waals surface area contributed by atoms with Crippen molar-refractivity contribution in [2.24, 2.45) is 0 Å². The number of hydrogen-bond donors (Lipinski definition) is 2. The van der Waals surface area contributed by atoms with Crippen LogP contribution in [0.3, 0.4) is 0 Å². The second-order valence-corrected chi connectivity index (χ2v) is 5.44. The highest BCUT2D eigenvalue weighted by Crippen LogP contribution is 2.27. The minimum absolute atomic E-state index is 0.0943. The lowest BCUT2D eigenvalue weighted by Crippen LogP contribution is -2.12. The summed E-state index contributed by atoms with van der Waals surface area (Å²) in [7, 11) is 0. The number of phenolic OH excluding ortho intramolecular Hbond substituents is 1. The molecule has 0 unspecified atom stereocenters. The Bertz CT molecular complexity index is 842. The predicted molar refractivity (Wildman–Crippen MR) is 91.8 cm³/mol. The van der Waals surface area contributed by atoms with Crippen molar-refractivity contribution in [2.75, 3.05) is 5.32 Å². The number of fused-ring (bicyclic) bond motifs is 1. The van der Waals surface area contributed by atoms with Gasteiger partial charge in [-0.1, -0.05) is 37.6 Å². The molecule has 0 atom stereocenters. The van der Waals surface area contributed by atoms with Gasteiger partial charge in [0.05, 0.1) is 5.56 Å². The molecule has 1 aromatic heterocycles. The van der Waals surface area contributed by atoms with Crippen molar-refractivity contribution in [2.45, 2.75) is 19.8 Å². The number of phenols is 1. The van der Waals surface area contributed by atoms with Crippen molar-refractivity contribution in [3.05, 3.63) is 65.9 Å². The van der Waals surface area contributed by atoms with Gasteiger partial charge < -0.3 is 10.4 Å². The van der Waals surface area contributed by atoms with Crippen LogP contribution in [-0.2, 0) is 6.42 Å². The Morgan fingerprint density at radius 2 is 1.91 bits per heavy atom. The van der Waals surface area contributed by atoms with Gasteiger partial charge in [-0.05, 0) is 36.2 Å². The van der Waals surface area contributed by atoms with E-state index in [1.54, 1.807) is 24.4 Å². The third-order valence-corrected chi connectivity index (χ3v) is 3.74. The molecule has 1 heterocycles. The molecular weight excluding hydrogens is 288 g/mol. The van der Waals surface area contributed by atoms with E-state index in [4.69, 9.17) is 0 Å². The maximum atomic E-state index is 12.4. The number of benzene rings is 2. The third-order valence-electron chi connectivity index (χ3n) is 3.74. The van der Waals surface area contributed by atoms with E-state index < -0.39 is 0 Å². The van der Waals surface area contributed by atoms with Crippen LogP contribution in [0.4, 0.5) is 5.69 Å². The topological polar surface area (TPSA) is 62.2 Å². The number of pyridine rings is 1. The average molecular weight is 306 g/mol. The molecular formula is C19H18N2O2. The van der Waals surface area contributed by atoms with Gasteiger partial charge in [-0.25, -0.2) is 0 Å². The van der Waals surface area contributed by atoms with E-state index in [9.17, 15) is 9.90 Å². The zero-order valence-electron chi connectivity index (χ0n) is 12.9. The lowest BCUT2D eigenvalue weighted by atomic mass is 10.1. The van der Waals surface area contributed by atoms with Gasteiger partial charge in [0.1, 0.15) is 5.52 Å². The zero-order chi connectivity index (χ0) is 16.2. The predicted octanol–water partition coefficient (Wildman–Crippen LogP) is 4.15. The first kappa shape index (κ1) is 15.0. The first-order chi connectivity index (χ1) is 11.2. The first-order valence-corrected chi connectivity index (χ1v) is 7.66. The minimum atomic E-state index is -0.349. The Kier molecular flexibility index (Phi) is 4.24. The molecule has 3 rings (SSSR count). The third kappa shape index (κ3) is 3.16. The Labute approximate surface area is 134 Å². The minimum Gasteiger partial charge on any atom is -0.505 e. The molecule has 0 bridgehead atoms. The molecule has 0 fully saturated rings. The van der Waals surface area contributed by atoms with Gasteiger partial charge in [-0.2, -0.15) is 0 Å². The number of carbonyl (C=O) groups is 1. The Morgan fingerprint density at radius 3 is 2.65 bits per heavy atom. The molecule has 23 heavy (non-hydrogen) atoms. The van der Waals surface area contributed by atoms with Crippen LogP contribution in [0.15, 0.2) is 54.7 Å². The van der Waals surface area contributed by atoms with Crippen molar-refractivity contribution in [1.29, 1.82) is 0 Å². The zero-order valence-corrected chi connectivity index (χ0v) is 12.9. The second kappa shape index (κ2) is 6.48. The molecule has 0 spiro atoms. The van der Waals surface area contributed by atoms with Crippen LogP contribution >= 0.6 is 0 Å². The van der Waals surface area contributed by atoms with Gasteiger partial charge in [0.25, 0.3) is 5.91 Å². The van der Waals surface area contributed by atoms with Gasteiger partial charge in [0.15, 0.2) is 5.75 Å². The molecule has 0 saturated carbocycles. The molecule has 0 aliphatic carbocycles. The highest BCUT2D eigenvalue weighted by molar-refractivity contribution is 6.09. The number of aryl methyl sites for hydroxylation is 1. The van der Waals surface area contributed by atoms with E-state index in [-0.39, 0.29) is 17.2 Å². The number of rotatable bonds is 4. The lowest BCUT2D eigenvalue weighted by Gasteiger charge is -2.09. The van der Waals surface area contributed by atoms with Crippen molar-refractivity contribution in [3.8, 4) is 5.75 Å². The molecule has 0 aliphatic rings. The number of aromatic nitrogens is 1. The first-order valence-electron chi connectivity index (χ1n) is 7.66.